The van der Waals surface area contributed by atoms with E-state index < -0.39 is 5.97 Å². The first-order valence-electron chi connectivity index (χ1n) is 18.9. The SMILES string of the molecule is CC/C=C\C/C=C\C/C=C\C/C=C\C/C=C\C/C=C\CCCCC(=O)OC(CCCCCCCCCCCCC)CCCC(=O)O. The van der Waals surface area contributed by atoms with E-state index in [-0.39, 0.29) is 18.5 Å². The van der Waals surface area contributed by atoms with Crippen molar-refractivity contribution in [3.63, 3.8) is 0 Å². The van der Waals surface area contributed by atoms with Crippen molar-refractivity contribution in [2.75, 3.05) is 0 Å². The molecule has 4 heteroatoms. The molecule has 0 aliphatic heterocycles. The molecule has 0 radical (unpaired) electrons. The minimum Gasteiger partial charge on any atom is -0.481 e. The Morgan fingerprint density at radius 2 is 0.935 bits per heavy atom. The molecule has 4 nitrogen and oxygen atoms in total. The van der Waals surface area contributed by atoms with Crippen molar-refractivity contribution >= 4 is 11.9 Å². The van der Waals surface area contributed by atoms with E-state index in [1.165, 1.54) is 57.8 Å². The highest BCUT2D eigenvalue weighted by Gasteiger charge is 2.15. The normalized spacial score (nSPS) is 13.1. The maximum absolute atomic E-state index is 12.5. The standard InChI is InChI=1S/C42H70O4/c1-3-5-7-9-11-13-15-16-17-18-19-20-21-22-23-24-26-28-30-32-34-39-42(45)46-40(37-35-38-41(43)44)36-33-31-29-27-25-14-12-10-8-6-4-2/h5,7,11,13,16-17,19-20,22-23,26,28,40H,3-4,6,8-10,12,14-15,18,21,24-25,27,29-39H2,1-2H3,(H,43,44)/b7-5-,13-11-,17-16-,20-19-,23-22-,28-26-. The predicted octanol–water partition coefficient (Wildman–Crippen LogP) is 13.1. The van der Waals surface area contributed by atoms with Crippen LogP contribution in [0.2, 0.25) is 0 Å². The summed E-state index contributed by atoms with van der Waals surface area (Å²) in [5.41, 5.74) is 0. The summed E-state index contributed by atoms with van der Waals surface area (Å²) in [5.74, 6) is -0.916. The van der Waals surface area contributed by atoms with Gasteiger partial charge in [-0.1, -0.05) is 151 Å². The lowest BCUT2D eigenvalue weighted by atomic mass is 10.0. The summed E-state index contributed by atoms with van der Waals surface area (Å²) in [4.78, 5) is 23.4. The lowest BCUT2D eigenvalue weighted by Gasteiger charge is -2.18. The zero-order chi connectivity index (χ0) is 33.6. The number of unbranched alkanes of at least 4 members (excludes halogenated alkanes) is 12. The quantitative estimate of drug-likeness (QED) is 0.0441. The molecule has 0 rings (SSSR count). The zero-order valence-corrected chi connectivity index (χ0v) is 29.9. The Morgan fingerprint density at radius 3 is 1.41 bits per heavy atom. The van der Waals surface area contributed by atoms with Gasteiger partial charge < -0.3 is 9.84 Å². The fourth-order valence-electron chi connectivity index (χ4n) is 5.20. The molecule has 46 heavy (non-hydrogen) atoms. The van der Waals surface area contributed by atoms with Crippen LogP contribution in [0.1, 0.15) is 174 Å². The first-order chi connectivity index (χ1) is 22.6. The van der Waals surface area contributed by atoms with Crippen LogP contribution >= 0.6 is 0 Å². The Bertz CT molecular complexity index is 861. The van der Waals surface area contributed by atoms with Gasteiger partial charge >= 0.3 is 11.9 Å². The summed E-state index contributed by atoms with van der Waals surface area (Å²) in [6.45, 7) is 4.41. The van der Waals surface area contributed by atoms with Crippen molar-refractivity contribution in [3.8, 4) is 0 Å². The smallest absolute Gasteiger partial charge is 0.306 e. The predicted molar refractivity (Wildman–Crippen MR) is 199 cm³/mol. The molecule has 0 aromatic rings. The summed E-state index contributed by atoms with van der Waals surface area (Å²) < 4.78 is 5.80. The minimum absolute atomic E-state index is 0.133. The van der Waals surface area contributed by atoms with Crippen LogP contribution in [0.25, 0.3) is 0 Å². The molecule has 0 aliphatic rings. The second-order valence-corrected chi connectivity index (χ2v) is 12.4. The van der Waals surface area contributed by atoms with Crippen molar-refractivity contribution in [1.29, 1.82) is 0 Å². The van der Waals surface area contributed by atoms with Crippen molar-refractivity contribution in [3.05, 3.63) is 72.9 Å². The monoisotopic (exact) mass is 639 g/mol. The van der Waals surface area contributed by atoms with Crippen molar-refractivity contribution in [1.82, 2.24) is 0 Å². The van der Waals surface area contributed by atoms with Gasteiger partial charge in [-0.2, -0.15) is 0 Å². The van der Waals surface area contributed by atoms with Crippen LogP contribution in [-0.4, -0.2) is 23.1 Å². The average molecular weight is 639 g/mol. The maximum Gasteiger partial charge on any atom is 0.306 e. The van der Waals surface area contributed by atoms with Gasteiger partial charge in [-0.3, -0.25) is 9.59 Å². The number of carboxylic acid groups (broad SMARTS) is 1. The second kappa shape index (κ2) is 36.8. The highest BCUT2D eigenvalue weighted by atomic mass is 16.5. The van der Waals surface area contributed by atoms with Crippen LogP contribution in [-0.2, 0) is 14.3 Å². The van der Waals surface area contributed by atoms with Gasteiger partial charge in [0.15, 0.2) is 0 Å². The maximum atomic E-state index is 12.5. The number of hydrogen-bond donors (Lipinski definition) is 1. The molecule has 262 valence electrons. The van der Waals surface area contributed by atoms with Gasteiger partial charge in [-0.25, -0.2) is 0 Å². The number of hydrogen-bond acceptors (Lipinski definition) is 3. The van der Waals surface area contributed by atoms with Gasteiger partial charge in [0.25, 0.3) is 0 Å². The van der Waals surface area contributed by atoms with Crippen LogP contribution in [0.5, 0.6) is 0 Å². The van der Waals surface area contributed by atoms with Gasteiger partial charge in [0.05, 0.1) is 0 Å². The van der Waals surface area contributed by atoms with Crippen LogP contribution in [0.15, 0.2) is 72.9 Å². The van der Waals surface area contributed by atoms with Crippen LogP contribution < -0.4 is 0 Å². The van der Waals surface area contributed by atoms with Gasteiger partial charge in [0.2, 0.25) is 0 Å². The Kier molecular flexibility index (Phi) is 34.7. The molecule has 0 aromatic heterocycles. The van der Waals surface area contributed by atoms with E-state index in [0.29, 0.717) is 19.3 Å². The fraction of sp³-hybridized carbons (Fsp3) is 0.667. The molecule has 1 atom stereocenters. The van der Waals surface area contributed by atoms with E-state index in [0.717, 1.165) is 77.0 Å². The van der Waals surface area contributed by atoms with Crippen molar-refractivity contribution in [2.45, 2.75) is 180 Å². The molecule has 0 spiro atoms. The topological polar surface area (TPSA) is 63.6 Å². The van der Waals surface area contributed by atoms with E-state index in [1.54, 1.807) is 0 Å². The molecule has 0 heterocycles. The molecule has 0 saturated carbocycles. The third kappa shape index (κ3) is 35.9. The first kappa shape index (κ1) is 43.4. The second-order valence-electron chi connectivity index (χ2n) is 12.4. The lowest BCUT2D eigenvalue weighted by molar-refractivity contribution is -0.150. The summed E-state index contributed by atoms with van der Waals surface area (Å²) in [6, 6.07) is 0. The van der Waals surface area contributed by atoms with E-state index >= 15 is 0 Å². The summed E-state index contributed by atoms with van der Waals surface area (Å²) in [6.07, 6.45) is 52.0. The number of carbonyl (C=O) groups excluding carboxylic acids is 1. The highest BCUT2D eigenvalue weighted by Crippen LogP contribution is 2.17. The van der Waals surface area contributed by atoms with Gasteiger partial charge in [-0.05, 0) is 83.5 Å². The molecule has 0 aromatic carbocycles. The molecule has 1 unspecified atom stereocenters. The molecule has 0 fully saturated rings. The number of allylic oxidation sites excluding steroid dienone is 12. The molecular formula is C42H70O4. The number of carbonyl (C=O) groups is 2. The van der Waals surface area contributed by atoms with E-state index in [2.05, 4.69) is 86.8 Å². The van der Waals surface area contributed by atoms with Crippen LogP contribution in [0, 0.1) is 0 Å². The largest absolute Gasteiger partial charge is 0.481 e. The Labute approximate surface area is 284 Å². The average Bonchev–Trinajstić information content (AvgIpc) is 3.04. The first-order valence-corrected chi connectivity index (χ1v) is 18.9. The van der Waals surface area contributed by atoms with Crippen LogP contribution in [0.3, 0.4) is 0 Å². The highest BCUT2D eigenvalue weighted by molar-refractivity contribution is 5.69. The Balaban J connectivity index is 3.95. The van der Waals surface area contributed by atoms with Gasteiger partial charge in [-0.15, -0.1) is 0 Å². The minimum atomic E-state index is -0.783. The Morgan fingerprint density at radius 1 is 0.500 bits per heavy atom. The number of aliphatic carboxylic acids is 1. The van der Waals surface area contributed by atoms with Crippen LogP contribution in [0.4, 0.5) is 0 Å². The summed E-state index contributed by atoms with van der Waals surface area (Å²) >= 11 is 0. The van der Waals surface area contributed by atoms with Gasteiger partial charge in [0.1, 0.15) is 6.10 Å². The molecule has 0 saturated heterocycles. The Hall–Kier alpha value is -2.62. The van der Waals surface area contributed by atoms with E-state index in [9.17, 15) is 9.59 Å². The molecule has 0 aliphatic carbocycles. The summed E-state index contributed by atoms with van der Waals surface area (Å²) in [5, 5.41) is 9.00. The lowest BCUT2D eigenvalue weighted by Crippen LogP contribution is -2.18. The number of rotatable bonds is 33. The molecule has 0 amide bonds. The number of carboxylic acids is 1. The fourth-order valence-corrected chi connectivity index (χ4v) is 5.20. The van der Waals surface area contributed by atoms with Crippen molar-refractivity contribution in [2.24, 2.45) is 0 Å². The third-order valence-electron chi connectivity index (χ3n) is 7.94. The van der Waals surface area contributed by atoms with E-state index in [1.807, 2.05) is 0 Å². The van der Waals surface area contributed by atoms with Crippen molar-refractivity contribution < 1.29 is 19.4 Å². The third-order valence-corrected chi connectivity index (χ3v) is 7.94. The molecular weight excluding hydrogens is 568 g/mol. The van der Waals surface area contributed by atoms with Gasteiger partial charge in [0, 0.05) is 12.8 Å². The number of ether oxygens (including phenoxy) is 1. The zero-order valence-electron chi connectivity index (χ0n) is 29.9. The summed E-state index contributed by atoms with van der Waals surface area (Å²) in [7, 11) is 0. The number of esters is 1. The molecule has 1 N–H and O–H groups in total. The molecule has 0 bridgehead atoms. The van der Waals surface area contributed by atoms with E-state index in [4.69, 9.17) is 9.84 Å².